The van der Waals surface area contributed by atoms with E-state index in [0.29, 0.717) is 21.4 Å². The van der Waals surface area contributed by atoms with Crippen molar-refractivity contribution >= 4 is 34.3 Å². The summed E-state index contributed by atoms with van der Waals surface area (Å²) in [6.45, 7) is 0. The summed E-state index contributed by atoms with van der Waals surface area (Å²) in [6.07, 6.45) is 1.56. The van der Waals surface area contributed by atoms with Crippen LogP contribution in [0.5, 0.6) is 0 Å². The molecule has 0 aliphatic rings. The number of benzene rings is 1. The van der Waals surface area contributed by atoms with Crippen LogP contribution in [-0.2, 0) is 0 Å². The van der Waals surface area contributed by atoms with Gasteiger partial charge in [0.05, 0.1) is 26.0 Å². The number of nitrogen functional groups attached to an aromatic ring is 1. The summed E-state index contributed by atoms with van der Waals surface area (Å²) in [6, 6.07) is 9.93. The van der Waals surface area contributed by atoms with Crippen LogP contribution in [0, 0.1) is 10.1 Å². The van der Waals surface area contributed by atoms with Crippen LogP contribution in [-0.4, -0.2) is 14.7 Å². The molecule has 3 aromatic rings. The first-order valence-electron chi connectivity index (χ1n) is 5.91. The normalized spacial score (nSPS) is 10.7. The monoisotopic (exact) mass is 320 g/mol. The lowest BCUT2D eigenvalue weighted by molar-refractivity contribution is -0.384. The van der Waals surface area contributed by atoms with E-state index in [1.165, 1.54) is 22.1 Å². The lowest BCUT2D eigenvalue weighted by Gasteiger charge is -2.01. The summed E-state index contributed by atoms with van der Waals surface area (Å²) in [4.78, 5) is 11.4. The van der Waals surface area contributed by atoms with Gasteiger partial charge in [-0.3, -0.25) is 10.1 Å². The fourth-order valence-electron chi connectivity index (χ4n) is 1.96. The average molecular weight is 321 g/mol. The highest BCUT2D eigenvalue weighted by Gasteiger charge is 2.18. The number of rotatable bonds is 3. The number of halogens is 1. The van der Waals surface area contributed by atoms with E-state index < -0.39 is 4.92 Å². The van der Waals surface area contributed by atoms with E-state index in [9.17, 15) is 10.1 Å². The Labute approximate surface area is 128 Å². The van der Waals surface area contributed by atoms with Crippen molar-refractivity contribution in [2.45, 2.75) is 0 Å². The summed E-state index contributed by atoms with van der Waals surface area (Å²) in [5.41, 5.74) is 7.29. The van der Waals surface area contributed by atoms with E-state index in [1.807, 2.05) is 6.07 Å². The van der Waals surface area contributed by atoms with Gasteiger partial charge in [0.15, 0.2) is 0 Å². The molecule has 0 aliphatic heterocycles. The number of hydrogen-bond acceptors (Lipinski definition) is 5. The second-order valence-electron chi connectivity index (χ2n) is 4.23. The van der Waals surface area contributed by atoms with Crippen molar-refractivity contribution < 1.29 is 4.92 Å². The highest BCUT2D eigenvalue weighted by Crippen LogP contribution is 2.34. The molecule has 2 N–H and O–H groups in total. The fourth-order valence-corrected chi connectivity index (χ4v) is 3.01. The highest BCUT2D eigenvalue weighted by molar-refractivity contribution is 7.19. The first kappa shape index (κ1) is 13.6. The van der Waals surface area contributed by atoms with Gasteiger partial charge in [-0.1, -0.05) is 23.7 Å². The van der Waals surface area contributed by atoms with Crippen molar-refractivity contribution in [3.8, 4) is 16.3 Å². The Hall–Kier alpha value is -2.38. The van der Waals surface area contributed by atoms with E-state index >= 15 is 0 Å². The van der Waals surface area contributed by atoms with Gasteiger partial charge in [-0.25, -0.2) is 4.68 Å². The molecule has 21 heavy (non-hydrogen) atoms. The van der Waals surface area contributed by atoms with Gasteiger partial charge in [0, 0.05) is 6.07 Å². The second-order valence-corrected chi connectivity index (χ2v) is 5.94. The van der Waals surface area contributed by atoms with Gasteiger partial charge in [-0.15, -0.1) is 11.3 Å². The van der Waals surface area contributed by atoms with Gasteiger partial charge in [-0.05, 0) is 18.2 Å². The molecular weight excluding hydrogens is 312 g/mol. The molecule has 2 heterocycles. The topological polar surface area (TPSA) is 87.0 Å². The molecule has 0 bridgehead atoms. The fraction of sp³-hybridized carbons (Fsp3) is 0. The van der Waals surface area contributed by atoms with Crippen LogP contribution < -0.4 is 5.73 Å². The summed E-state index contributed by atoms with van der Waals surface area (Å²) < 4.78 is 2.04. The lowest BCUT2D eigenvalue weighted by atomic mass is 10.3. The molecule has 106 valence electrons. The van der Waals surface area contributed by atoms with Crippen LogP contribution >= 0.6 is 22.9 Å². The minimum Gasteiger partial charge on any atom is -0.396 e. The Morgan fingerprint density at radius 1 is 1.29 bits per heavy atom. The molecule has 3 rings (SSSR count). The molecule has 2 aromatic heterocycles. The molecule has 0 aliphatic carbocycles. The molecular formula is C13H9ClN4O2S. The SMILES string of the molecule is Nc1cn(-c2ccccc2[N+](=O)[O-])nc1-c1ccc(Cl)s1. The molecule has 1 aromatic carbocycles. The van der Waals surface area contributed by atoms with Gasteiger partial charge < -0.3 is 5.73 Å². The molecule has 0 unspecified atom stereocenters. The molecule has 6 nitrogen and oxygen atoms in total. The third-order valence-electron chi connectivity index (χ3n) is 2.87. The Balaban J connectivity index is 2.12. The van der Waals surface area contributed by atoms with E-state index in [0.717, 1.165) is 4.88 Å². The van der Waals surface area contributed by atoms with Gasteiger partial charge in [-0.2, -0.15) is 5.10 Å². The molecule has 0 atom stereocenters. The van der Waals surface area contributed by atoms with Crippen LogP contribution in [0.4, 0.5) is 11.4 Å². The Bertz CT molecular complexity index is 827. The van der Waals surface area contributed by atoms with Crippen LogP contribution in [0.3, 0.4) is 0 Å². The average Bonchev–Trinajstić information content (AvgIpc) is 3.04. The lowest BCUT2D eigenvalue weighted by Crippen LogP contribution is -2.00. The third-order valence-corrected chi connectivity index (χ3v) is 4.11. The summed E-state index contributed by atoms with van der Waals surface area (Å²) >= 11 is 7.26. The number of nitro groups is 1. The highest BCUT2D eigenvalue weighted by atomic mass is 35.5. The molecule has 0 fully saturated rings. The number of aromatic nitrogens is 2. The van der Waals surface area contributed by atoms with Crippen LogP contribution in [0.25, 0.3) is 16.3 Å². The number of nitro benzene ring substituents is 1. The van der Waals surface area contributed by atoms with Crippen molar-refractivity contribution in [1.82, 2.24) is 9.78 Å². The smallest absolute Gasteiger partial charge is 0.294 e. The zero-order valence-corrected chi connectivity index (χ0v) is 12.1. The van der Waals surface area contributed by atoms with Crippen LogP contribution in [0.15, 0.2) is 42.6 Å². The first-order valence-corrected chi connectivity index (χ1v) is 7.10. The molecule has 0 radical (unpaired) electrons. The Kier molecular flexibility index (Phi) is 3.36. The van der Waals surface area contributed by atoms with Crippen LogP contribution in [0.2, 0.25) is 4.34 Å². The zero-order chi connectivity index (χ0) is 15.0. The van der Waals surface area contributed by atoms with Crippen molar-refractivity contribution in [1.29, 1.82) is 0 Å². The van der Waals surface area contributed by atoms with Gasteiger partial charge in [0.2, 0.25) is 0 Å². The number of hydrogen-bond donors (Lipinski definition) is 1. The van der Waals surface area contributed by atoms with Gasteiger partial charge in [0.1, 0.15) is 11.4 Å². The van der Waals surface area contributed by atoms with Gasteiger partial charge >= 0.3 is 0 Å². The predicted molar refractivity (Wildman–Crippen MR) is 83.0 cm³/mol. The number of para-hydroxylation sites is 2. The number of anilines is 1. The Morgan fingerprint density at radius 2 is 2.05 bits per heavy atom. The standard InChI is InChI=1S/C13H9ClN4O2S/c14-12-6-5-11(21-12)13-8(15)7-17(16-13)9-3-1-2-4-10(9)18(19)20/h1-7H,15H2. The predicted octanol–water partition coefficient (Wildman–Crippen LogP) is 3.74. The maximum atomic E-state index is 11.1. The summed E-state index contributed by atoms with van der Waals surface area (Å²) in [5.74, 6) is 0. The molecule has 8 heteroatoms. The molecule has 0 spiro atoms. The number of nitrogens with two attached hydrogens (primary N) is 1. The van der Waals surface area contributed by atoms with E-state index in [1.54, 1.807) is 30.5 Å². The number of nitrogens with zero attached hydrogens (tertiary/aromatic N) is 3. The van der Waals surface area contributed by atoms with Crippen LogP contribution in [0.1, 0.15) is 0 Å². The van der Waals surface area contributed by atoms with E-state index in [-0.39, 0.29) is 5.69 Å². The summed E-state index contributed by atoms with van der Waals surface area (Å²) in [5, 5.41) is 15.4. The minimum absolute atomic E-state index is 0.0317. The molecule has 0 amide bonds. The van der Waals surface area contributed by atoms with Crippen molar-refractivity contribution in [2.24, 2.45) is 0 Å². The maximum absolute atomic E-state index is 11.1. The van der Waals surface area contributed by atoms with Crippen molar-refractivity contribution in [2.75, 3.05) is 5.73 Å². The van der Waals surface area contributed by atoms with Crippen molar-refractivity contribution in [3.63, 3.8) is 0 Å². The maximum Gasteiger partial charge on any atom is 0.294 e. The number of thiophene rings is 1. The largest absolute Gasteiger partial charge is 0.396 e. The third kappa shape index (κ3) is 2.48. The quantitative estimate of drug-likeness (QED) is 0.588. The minimum atomic E-state index is -0.450. The summed E-state index contributed by atoms with van der Waals surface area (Å²) in [7, 11) is 0. The molecule has 0 saturated heterocycles. The first-order chi connectivity index (χ1) is 10.1. The molecule has 0 saturated carbocycles. The van der Waals surface area contributed by atoms with Gasteiger partial charge in [0.25, 0.3) is 5.69 Å². The van der Waals surface area contributed by atoms with Crippen molar-refractivity contribution in [3.05, 3.63) is 57.0 Å². The van der Waals surface area contributed by atoms with E-state index in [2.05, 4.69) is 5.10 Å². The van der Waals surface area contributed by atoms with E-state index in [4.69, 9.17) is 17.3 Å². The zero-order valence-electron chi connectivity index (χ0n) is 10.6. The second kappa shape index (κ2) is 5.19. The Morgan fingerprint density at radius 3 is 2.71 bits per heavy atom.